The molecule has 4 aliphatic rings. The van der Waals surface area contributed by atoms with E-state index in [4.69, 9.17) is 4.98 Å². The van der Waals surface area contributed by atoms with E-state index in [9.17, 15) is 0 Å². The summed E-state index contributed by atoms with van der Waals surface area (Å²) in [5.41, 5.74) is 20.8. The number of aromatic nitrogens is 1. The third kappa shape index (κ3) is 2.32. The molecule has 0 N–H and O–H groups in total. The fourth-order valence-electron chi connectivity index (χ4n) is 6.97. The Bertz CT molecular complexity index is 1630. The van der Waals surface area contributed by atoms with Crippen LogP contribution in [0.15, 0.2) is 85.1 Å². The molecule has 4 aromatic carbocycles. The number of benzene rings is 4. The molecular weight excluding hydrogens is 424 g/mol. The second-order valence-corrected chi connectivity index (χ2v) is 10.4. The first-order valence-electron chi connectivity index (χ1n) is 12.6. The highest BCUT2D eigenvalue weighted by Gasteiger charge is 2.35. The van der Waals surface area contributed by atoms with Crippen molar-refractivity contribution in [2.24, 2.45) is 0 Å². The van der Waals surface area contributed by atoms with Gasteiger partial charge in [-0.25, -0.2) is 0 Å². The molecule has 35 heavy (non-hydrogen) atoms. The molecule has 0 atom stereocenters. The molecule has 5 aromatic rings. The summed E-state index contributed by atoms with van der Waals surface area (Å²) in [5, 5.41) is 0. The van der Waals surface area contributed by atoms with Gasteiger partial charge < -0.3 is 4.90 Å². The van der Waals surface area contributed by atoms with E-state index in [1.165, 1.54) is 84.0 Å². The lowest BCUT2D eigenvalue weighted by Gasteiger charge is -2.39. The zero-order valence-corrected chi connectivity index (χ0v) is 19.3. The van der Waals surface area contributed by atoms with Crippen molar-refractivity contribution in [3.63, 3.8) is 0 Å². The van der Waals surface area contributed by atoms with Crippen LogP contribution in [0.3, 0.4) is 0 Å². The highest BCUT2D eigenvalue weighted by Crippen LogP contribution is 2.53. The van der Waals surface area contributed by atoms with Crippen molar-refractivity contribution >= 4 is 17.1 Å². The Balaban J connectivity index is 1.29. The highest BCUT2D eigenvalue weighted by molar-refractivity contribution is 5.93. The maximum absolute atomic E-state index is 4.89. The van der Waals surface area contributed by atoms with Gasteiger partial charge in [0.15, 0.2) is 0 Å². The predicted molar refractivity (Wildman–Crippen MR) is 141 cm³/mol. The molecule has 0 fully saturated rings. The Hall–Kier alpha value is -4.17. The third-order valence-electron chi connectivity index (χ3n) is 8.51. The summed E-state index contributed by atoms with van der Waals surface area (Å²) in [6.07, 6.45) is 5.92. The van der Waals surface area contributed by atoms with Crippen molar-refractivity contribution in [3.05, 3.63) is 130 Å². The maximum atomic E-state index is 4.89. The quantitative estimate of drug-likeness (QED) is 0.240. The van der Waals surface area contributed by atoms with Crippen LogP contribution in [0.5, 0.6) is 0 Å². The van der Waals surface area contributed by atoms with E-state index in [1.54, 1.807) is 0 Å². The van der Waals surface area contributed by atoms with Crippen molar-refractivity contribution < 1.29 is 0 Å². The van der Waals surface area contributed by atoms with E-state index in [-0.39, 0.29) is 0 Å². The Morgan fingerprint density at radius 1 is 0.486 bits per heavy atom. The van der Waals surface area contributed by atoms with Gasteiger partial charge in [-0.05, 0) is 104 Å². The fraction of sp³-hybridized carbons (Fsp3) is 0.121. The molecule has 0 spiro atoms. The van der Waals surface area contributed by atoms with Crippen molar-refractivity contribution in [2.45, 2.75) is 25.7 Å². The Morgan fingerprint density at radius 2 is 1.06 bits per heavy atom. The van der Waals surface area contributed by atoms with Crippen LogP contribution in [0.25, 0.3) is 22.3 Å². The SMILES string of the molecule is c1ccc2c(c1)Cc1cc3c(cc1-2)Cc1ccnc2c1N3c1cc3c(cc1C2)-c1ccccc1C3. The molecule has 164 valence electrons. The van der Waals surface area contributed by atoms with Crippen LogP contribution >= 0.6 is 0 Å². The van der Waals surface area contributed by atoms with Gasteiger partial charge in [0.2, 0.25) is 0 Å². The molecule has 2 aliphatic carbocycles. The summed E-state index contributed by atoms with van der Waals surface area (Å²) >= 11 is 0. The summed E-state index contributed by atoms with van der Waals surface area (Å²) < 4.78 is 0. The topological polar surface area (TPSA) is 16.1 Å². The van der Waals surface area contributed by atoms with Crippen LogP contribution in [-0.4, -0.2) is 4.98 Å². The first-order chi connectivity index (χ1) is 17.3. The van der Waals surface area contributed by atoms with Gasteiger partial charge in [0, 0.05) is 19.0 Å². The molecule has 0 unspecified atom stereocenters. The van der Waals surface area contributed by atoms with Crippen molar-refractivity contribution in [1.29, 1.82) is 0 Å². The van der Waals surface area contributed by atoms with Gasteiger partial charge in [0.25, 0.3) is 0 Å². The summed E-state index contributed by atoms with van der Waals surface area (Å²) in [7, 11) is 0. The van der Waals surface area contributed by atoms with Crippen LogP contribution in [0.1, 0.15) is 44.6 Å². The lowest BCUT2D eigenvalue weighted by atomic mass is 9.86. The number of nitrogens with zero attached hydrogens (tertiary/aromatic N) is 2. The number of hydrogen-bond donors (Lipinski definition) is 0. The smallest absolute Gasteiger partial charge is 0.0716 e. The molecule has 0 saturated carbocycles. The van der Waals surface area contributed by atoms with Gasteiger partial charge in [-0.3, -0.25) is 4.98 Å². The van der Waals surface area contributed by atoms with Crippen LogP contribution in [0.2, 0.25) is 0 Å². The lowest BCUT2D eigenvalue weighted by Crippen LogP contribution is -2.25. The van der Waals surface area contributed by atoms with Gasteiger partial charge in [0.05, 0.1) is 22.8 Å². The van der Waals surface area contributed by atoms with Gasteiger partial charge in [0.1, 0.15) is 0 Å². The van der Waals surface area contributed by atoms with Gasteiger partial charge in [-0.15, -0.1) is 0 Å². The molecule has 2 aliphatic heterocycles. The number of pyridine rings is 1. The standard InChI is InChI=1S/C33H22N2/c1-3-7-26-19(5-1)11-22-17-31-24(14-28(22)26)13-21-9-10-34-30-16-25-15-29-23(18-32(25)35(31)33(21)30)12-20-6-2-4-8-27(20)29/h1-10,14-15,17-18H,11-13,16H2. The molecule has 0 saturated heterocycles. The number of fused-ring (bicyclic) bond motifs is 10. The number of anilines is 3. The summed E-state index contributed by atoms with van der Waals surface area (Å²) in [4.78, 5) is 7.43. The summed E-state index contributed by atoms with van der Waals surface area (Å²) in [5.74, 6) is 0. The predicted octanol–water partition coefficient (Wildman–Crippen LogP) is 7.50. The Kier molecular flexibility index (Phi) is 3.27. The summed E-state index contributed by atoms with van der Waals surface area (Å²) in [6.45, 7) is 0. The minimum Gasteiger partial charge on any atom is -0.308 e. The molecule has 0 bridgehead atoms. The van der Waals surface area contributed by atoms with Crippen LogP contribution in [-0.2, 0) is 25.7 Å². The zero-order valence-electron chi connectivity index (χ0n) is 19.3. The molecule has 0 radical (unpaired) electrons. The first-order valence-corrected chi connectivity index (χ1v) is 12.6. The van der Waals surface area contributed by atoms with Crippen molar-refractivity contribution in [2.75, 3.05) is 4.90 Å². The van der Waals surface area contributed by atoms with Crippen LogP contribution < -0.4 is 4.90 Å². The molecule has 3 heterocycles. The lowest BCUT2D eigenvalue weighted by molar-refractivity contribution is 0.958. The minimum absolute atomic E-state index is 0.899. The van der Waals surface area contributed by atoms with E-state index < -0.39 is 0 Å². The average Bonchev–Trinajstić information content (AvgIpc) is 3.43. The molecule has 9 rings (SSSR count). The molecule has 0 amide bonds. The van der Waals surface area contributed by atoms with E-state index in [1.807, 2.05) is 6.20 Å². The van der Waals surface area contributed by atoms with Crippen LogP contribution in [0.4, 0.5) is 17.1 Å². The monoisotopic (exact) mass is 446 g/mol. The van der Waals surface area contributed by atoms with Gasteiger partial charge in [-0.2, -0.15) is 0 Å². The van der Waals surface area contributed by atoms with Gasteiger partial charge in [-0.1, -0.05) is 48.5 Å². The number of hydrogen-bond acceptors (Lipinski definition) is 2. The Morgan fingerprint density at radius 3 is 1.71 bits per heavy atom. The summed E-state index contributed by atoms with van der Waals surface area (Å²) in [6, 6.07) is 29.9. The minimum atomic E-state index is 0.899. The second kappa shape index (κ2) is 6.28. The largest absolute Gasteiger partial charge is 0.308 e. The normalized spacial score (nSPS) is 14.9. The van der Waals surface area contributed by atoms with Gasteiger partial charge >= 0.3 is 0 Å². The van der Waals surface area contributed by atoms with E-state index in [0.29, 0.717) is 0 Å². The fourth-order valence-corrected chi connectivity index (χ4v) is 6.97. The highest BCUT2D eigenvalue weighted by atomic mass is 15.2. The van der Waals surface area contributed by atoms with E-state index in [2.05, 4.69) is 83.8 Å². The molecule has 2 nitrogen and oxygen atoms in total. The molecule has 2 heteroatoms. The van der Waals surface area contributed by atoms with E-state index >= 15 is 0 Å². The van der Waals surface area contributed by atoms with E-state index in [0.717, 1.165) is 25.7 Å². The second-order valence-electron chi connectivity index (χ2n) is 10.4. The maximum Gasteiger partial charge on any atom is 0.0716 e. The average molecular weight is 447 g/mol. The van der Waals surface area contributed by atoms with Crippen LogP contribution in [0, 0.1) is 0 Å². The molecule has 1 aromatic heterocycles. The van der Waals surface area contributed by atoms with Crippen molar-refractivity contribution in [1.82, 2.24) is 4.98 Å². The van der Waals surface area contributed by atoms with Crippen molar-refractivity contribution in [3.8, 4) is 22.3 Å². The molecular formula is C33H22N2. The first kappa shape index (κ1) is 18.2. The Labute approximate surface area is 204 Å². The third-order valence-corrected chi connectivity index (χ3v) is 8.51. The zero-order chi connectivity index (χ0) is 22.7. The number of rotatable bonds is 0.